The molecule has 0 aliphatic heterocycles. The largest absolute Gasteiger partial charge is 0.507 e. The number of benzene rings is 2. The highest BCUT2D eigenvalue weighted by Gasteiger charge is 2.18. The maximum atomic E-state index is 10.6. The number of phenolic OH excluding ortho intramolecular Hbond substituents is 1. The molecule has 0 fully saturated rings. The van der Waals surface area contributed by atoms with Crippen molar-refractivity contribution in [2.45, 2.75) is 73.6 Å². The van der Waals surface area contributed by atoms with E-state index in [9.17, 15) is 5.11 Å². The molecule has 0 atom stereocenters. The van der Waals surface area contributed by atoms with Gasteiger partial charge >= 0.3 is 0 Å². The summed E-state index contributed by atoms with van der Waals surface area (Å²) in [4.78, 5) is 0. The summed E-state index contributed by atoms with van der Waals surface area (Å²) in [5.74, 6) is 1.98. The quantitative estimate of drug-likeness (QED) is 0.359. The van der Waals surface area contributed by atoms with E-state index in [0.29, 0.717) is 28.7 Å². The zero-order chi connectivity index (χ0) is 23.8. The minimum atomic E-state index is 0.191. The Morgan fingerprint density at radius 2 is 1.72 bits per heavy atom. The second-order valence-electron chi connectivity index (χ2n) is 8.37. The van der Waals surface area contributed by atoms with Crippen molar-refractivity contribution in [3.8, 4) is 28.6 Å². The lowest BCUT2D eigenvalue weighted by Crippen LogP contribution is -2.02. The van der Waals surface area contributed by atoms with Crippen molar-refractivity contribution in [1.82, 2.24) is 14.8 Å². The van der Waals surface area contributed by atoms with Gasteiger partial charge in [-0.05, 0) is 85.4 Å². The normalized spacial score (nSPS) is 10.8. The van der Waals surface area contributed by atoms with Gasteiger partial charge in [0.25, 0.3) is 0 Å². The third kappa shape index (κ3) is 6.00. The number of hydrogen-bond donors (Lipinski definition) is 2. The average molecular weight is 456 g/mol. The van der Waals surface area contributed by atoms with Gasteiger partial charge in [0, 0.05) is 0 Å². The highest BCUT2D eigenvalue weighted by Crippen LogP contribution is 2.35. The Morgan fingerprint density at radius 1 is 1.03 bits per heavy atom. The Hall–Kier alpha value is -2.60. The predicted molar refractivity (Wildman–Crippen MR) is 136 cm³/mol. The Morgan fingerprint density at radius 3 is 2.28 bits per heavy atom. The van der Waals surface area contributed by atoms with Gasteiger partial charge in [0.1, 0.15) is 11.5 Å². The van der Waals surface area contributed by atoms with Crippen LogP contribution in [-0.4, -0.2) is 26.5 Å². The van der Waals surface area contributed by atoms with Crippen molar-refractivity contribution < 1.29 is 9.84 Å². The molecule has 0 radical (unpaired) electrons. The van der Waals surface area contributed by atoms with Gasteiger partial charge in [-0.25, -0.2) is 0 Å². The van der Waals surface area contributed by atoms with Crippen LogP contribution in [0, 0.1) is 18.6 Å². The number of ether oxygens (including phenoxy) is 1. The number of unbranched alkanes of at least 4 members (excludes halogenated alkanes) is 1. The second kappa shape index (κ2) is 11.9. The highest BCUT2D eigenvalue weighted by atomic mass is 32.1. The minimum absolute atomic E-state index is 0.191. The Kier molecular flexibility index (Phi) is 9.51. The number of nitrogens with zero attached hydrogens (tertiary/aromatic N) is 2. The van der Waals surface area contributed by atoms with Gasteiger partial charge in [-0.15, -0.1) is 0 Å². The number of phenols is 1. The van der Waals surface area contributed by atoms with Crippen LogP contribution in [0.15, 0.2) is 30.3 Å². The van der Waals surface area contributed by atoms with Crippen molar-refractivity contribution in [3.05, 3.63) is 51.8 Å². The van der Waals surface area contributed by atoms with E-state index in [1.54, 1.807) is 6.07 Å². The van der Waals surface area contributed by atoms with E-state index in [2.05, 4.69) is 44.8 Å². The summed E-state index contributed by atoms with van der Waals surface area (Å²) in [6.07, 6.45) is 3.60. The zero-order valence-corrected chi connectivity index (χ0v) is 21.3. The van der Waals surface area contributed by atoms with Crippen LogP contribution in [-0.2, 0) is 0 Å². The first-order chi connectivity index (χ1) is 15.2. The number of rotatable bonds is 7. The first-order valence-electron chi connectivity index (χ1n) is 11.5. The van der Waals surface area contributed by atoms with Crippen molar-refractivity contribution in [2.24, 2.45) is 0 Å². The van der Waals surface area contributed by atoms with E-state index >= 15 is 0 Å². The molecule has 0 aliphatic rings. The van der Waals surface area contributed by atoms with E-state index in [1.165, 1.54) is 18.4 Å². The molecule has 0 aliphatic carbocycles. The lowest BCUT2D eigenvalue weighted by atomic mass is 9.95. The molecule has 32 heavy (non-hydrogen) atoms. The van der Waals surface area contributed by atoms with Crippen LogP contribution in [0.2, 0.25) is 0 Å². The number of aryl methyl sites for hydroxylation is 2. The molecule has 0 bridgehead atoms. The summed E-state index contributed by atoms with van der Waals surface area (Å²) in [6.45, 7) is 15.4. The minimum Gasteiger partial charge on any atom is -0.507 e. The van der Waals surface area contributed by atoms with E-state index in [4.69, 9.17) is 17.0 Å². The number of aromatic hydroxyl groups is 1. The highest BCUT2D eigenvalue weighted by molar-refractivity contribution is 7.71. The average Bonchev–Trinajstić information content (AvgIpc) is 3.14. The van der Waals surface area contributed by atoms with E-state index in [0.717, 1.165) is 29.0 Å². The molecule has 0 saturated heterocycles. The SMILES string of the molecule is CCCC.CCCOc1ccc(-n2c(-c3cc(C(C)C)c(C)cc3O)n[nH]c2=S)cc1C. The third-order valence-electron chi connectivity index (χ3n) is 5.30. The number of aromatic nitrogens is 3. The summed E-state index contributed by atoms with van der Waals surface area (Å²) in [5, 5.41) is 17.9. The molecular weight excluding hydrogens is 418 g/mol. The van der Waals surface area contributed by atoms with Gasteiger partial charge in [0.2, 0.25) is 0 Å². The van der Waals surface area contributed by atoms with Crippen molar-refractivity contribution in [1.29, 1.82) is 0 Å². The zero-order valence-electron chi connectivity index (χ0n) is 20.5. The van der Waals surface area contributed by atoms with Crippen LogP contribution in [0.1, 0.15) is 76.5 Å². The number of hydrogen-bond acceptors (Lipinski definition) is 4. The molecule has 6 heteroatoms. The molecule has 2 aromatic carbocycles. The maximum Gasteiger partial charge on any atom is 0.200 e. The number of nitrogens with one attached hydrogen (secondary N) is 1. The summed E-state index contributed by atoms with van der Waals surface area (Å²) >= 11 is 5.49. The van der Waals surface area contributed by atoms with Crippen LogP contribution < -0.4 is 4.74 Å². The smallest absolute Gasteiger partial charge is 0.200 e. The van der Waals surface area contributed by atoms with Gasteiger partial charge in [-0.3, -0.25) is 9.67 Å². The molecule has 174 valence electrons. The Balaban J connectivity index is 0.000000837. The van der Waals surface area contributed by atoms with Crippen LogP contribution in [0.25, 0.3) is 17.1 Å². The number of aromatic amines is 1. The Labute approximate surface area is 197 Å². The molecule has 1 heterocycles. The molecule has 0 spiro atoms. The van der Waals surface area contributed by atoms with Crippen LogP contribution in [0.3, 0.4) is 0 Å². The molecule has 0 amide bonds. The number of H-pyrrole nitrogens is 1. The molecule has 2 N–H and O–H groups in total. The first kappa shape index (κ1) is 25.7. The summed E-state index contributed by atoms with van der Waals surface area (Å²) in [6, 6.07) is 9.73. The summed E-state index contributed by atoms with van der Waals surface area (Å²) in [5.41, 5.74) is 4.79. The van der Waals surface area contributed by atoms with Crippen LogP contribution >= 0.6 is 12.2 Å². The van der Waals surface area contributed by atoms with Crippen molar-refractivity contribution in [3.63, 3.8) is 0 Å². The first-order valence-corrected chi connectivity index (χ1v) is 11.9. The molecule has 0 unspecified atom stereocenters. The molecule has 3 rings (SSSR count). The molecule has 0 saturated carbocycles. The Bertz CT molecular complexity index is 1080. The lowest BCUT2D eigenvalue weighted by molar-refractivity contribution is 0.315. The fourth-order valence-corrected chi connectivity index (χ4v) is 3.61. The van der Waals surface area contributed by atoms with Crippen LogP contribution in [0.5, 0.6) is 11.5 Å². The van der Waals surface area contributed by atoms with Gasteiger partial charge in [-0.1, -0.05) is 47.5 Å². The van der Waals surface area contributed by atoms with Gasteiger partial charge in [-0.2, -0.15) is 5.10 Å². The fraction of sp³-hybridized carbons (Fsp3) is 0.462. The van der Waals surface area contributed by atoms with Crippen molar-refractivity contribution in [2.75, 3.05) is 6.61 Å². The third-order valence-corrected chi connectivity index (χ3v) is 5.57. The molecule has 3 aromatic rings. The lowest BCUT2D eigenvalue weighted by Gasteiger charge is -2.15. The van der Waals surface area contributed by atoms with Gasteiger partial charge < -0.3 is 9.84 Å². The maximum absolute atomic E-state index is 10.6. The molecular formula is C26H37N3O2S. The van der Waals surface area contributed by atoms with E-state index < -0.39 is 0 Å². The van der Waals surface area contributed by atoms with Crippen LogP contribution in [0.4, 0.5) is 0 Å². The van der Waals surface area contributed by atoms with E-state index in [-0.39, 0.29) is 5.75 Å². The summed E-state index contributed by atoms with van der Waals surface area (Å²) in [7, 11) is 0. The fourth-order valence-electron chi connectivity index (χ4n) is 3.37. The molecule has 5 nitrogen and oxygen atoms in total. The van der Waals surface area contributed by atoms with Gasteiger partial charge in [0.05, 0.1) is 17.9 Å². The molecule has 1 aromatic heterocycles. The summed E-state index contributed by atoms with van der Waals surface area (Å²) < 4.78 is 8.10. The monoisotopic (exact) mass is 455 g/mol. The standard InChI is InChI=1S/C22H27N3O2S.C4H10/c1-6-9-27-20-8-7-16(10-15(20)5)25-21(23-24-22(25)28)18-12-17(13(2)3)14(4)11-19(18)26;1-3-4-2/h7-8,10-13,26H,6,9H2,1-5H3,(H,24,28);3-4H2,1-2H3. The predicted octanol–water partition coefficient (Wildman–Crippen LogP) is 7.64. The van der Waals surface area contributed by atoms with Crippen molar-refractivity contribution >= 4 is 12.2 Å². The van der Waals surface area contributed by atoms with Gasteiger partial charge in [0.15, 0.2) is 10.6 Å². The second-order valence-corrected chi connectivity index (χ2v) is 8.75. The topological polar surface area (TPSA) is 63.1 Å². The van der Waals surface area contributed by atoms with E-state index in [1.807, 2.05) is 42.7 Å².